The lowest BCUT2D eigenvalue weighted by atomic mass is 10.2. The van der Waals surface area contributed by atoms with E-state index in [1.54, 1.807) is 24.3 Å². The normalized spacial score (nSPS) is 11.4. The molecule has 1 aromatic rings. The van der Waals surface area contributed by atoms with Crippen molar-refractivity contribution < 1.29 is 19.5 Å². The van der Waals surface area contributed by atoms with Crippen LogP contribution < -0.4 is 16.4 Å². The van der Waals surface area contributed by atoms with Crippen molar-refractivity contribution in [2.45, 2.75) is 19.0 Å². The number of carbonyl (C=O) groups is 3. The molecule has 20 heavy (non-hydrogen) atoms. The van der Waals surface area contributed by atoms with Crippen molar-refractivity contribution in [1.29, 1.82) is 0 Å². The van der Waals surface area contributed by atoms with Crippen LogP contribution in [0.5, 0.6) is 0 Å². The Kier molecular flexibility index (Phi) is 5.79. The van der Waals surface area contributed by atoms with Crippen molar-refractivity contribution >= 4 is 29.5 Å². The maximum atomic E-state index is 11.5. The smallest absolute Gasteiger partial charge is 0.326 e. The molecule has 5 N–H and O–H groups in total. The number of hydrogen-bond donors (Lipinski definition) is 4. The molecule has 108 valence electrons. The van der Waals surface area contributed by atoms with E-state index < -0.39 is 30.4 Å². The van der Waals surface area contributed by atoms with E-state index in [0.29, 0.717) is 10.6 Å². The Hall–Kier alpha value is -2.28. The van der Waals surface area contributed by atoms with Gasteiger partial charge in [0.05, 0.1) is 6.42 Å². The van der Waals surface area contributed by atoms with Gasteiger partial charge in [0.2, 0.25) is 5.91 Å². The molecule has 0 spiro atoms. The summed E-state index contributed by atoms with van der Waals surface area (Å²) in [5, 5.41) is 13.9. The number of rotatable bonds is 6. The summed E-state index contributed by atoms with van der Waals surface area (Å²) in [6.45, 7) is 0.133. The van der Waals surface area contributed by atoms with Gasteiger partial charge in [-0.1, -0.05) is 29.8 Å². The molecule has 1 rings (SSSR count). The molecule has 0 aliphatic heterocycles. The number of carboxylic acid groups (broad SMARTS) is 1. The van der Waals surface area contributed by atoms with Gasteiger partial charge < -0.3 is 21.5 Å². The Labute approximate surface area is 120 Å². The second-order valence-electron chi connectivity index (χ2n) is 3.98. The van der Waals surface area contributed by atoms with Crippen molar-refractivity contribution in [3.05, 3.63) is 34.9 Å². The Balaban J connectivity index is 2.52. The average Bonchev–Trinajstić information content (AvgIpc) is 2.36. The average molecular weight is 300 g/mol. The highest BCUT2D eigenvalue weighted by molar-refractivity contribution is 6.31. The first-order chi connectivity index (χ1) is 9.40. The predicted octanol–water partition coefficient (Wildman–Crippen LogP) is 0.468. The molecular formula is C12H14ClN3O4. The summed E-state index contributed by atoms with van der Waals surface area (Å²) in [6, 6.07) is 4.81. The molecule has 0 fully saturated rings. The van der Waals surface area contributed by atoms with Gasteiger partial charge in [-0.05, 0) is 11.6 Å². The van der Waals surface area contributed by atoms with Crippen molar-refractivity contribution in [3.8, 4) is 0 Å². The number of carbonyl (C=O) groups excluding carboxylic acids is 2. The number of amides is 3. The minimum absolute atomic E-state index is 0.133. The Morgan fingerprint density at radius 3 is 2.50 bits per heavy atom. The van der Waals surface area contributed by atoms with Crippen LogP contribution in [-0.2, 0) is 16.1 Å². The first-order valence-corrected chi connectivity index (χ1v) is 6.07. The van der Waals surface area contributed by atoms with E-state index in [0.717, 1.165) is 0 Å². The topological polar surface area (TPSA) is 122 Å². The van der Waals surface area contributed by atoms with E-state index in [9.17, 15) is 14.4 Å². The van der Waals surface area contributed by atoms with Gasteiger partial charge in [-0.25, -0.2) is 9.59 Å². The van der Waals surface area contributed by atoms with Crippen LogP contribution in [0.3, 0.4) is 0 Å². The highest BCUT2D eigenvalue weighted by Gasteiger charge is 2.21. The van der Waals surface area contributed by atoms with Gasteiger partial charge in [-0.2, -0.15) is 0 Å². The summed E-state index contributed by atoms with van der Waals surface area (Å²) >= 11 is 5.91. The maximum Gasteiger partial charge on any atom is 0.326 e. The fourth-order valence-corrected chi connectivity index (χ4v) is 1.63. The van der Waals surface area contributed by atoms with Crippen LogP contribution in [-0.4, -0.2) is 29.1 Å². The van der Waals surface area contributed by atoms with E-state index in [-0.39, 0.29) is 6.54 Å². The third-order valence-corrected chi connectivity index (χ3v) is 2.77. The number of nitrogens with two attached hydrogens (primary N) is 1. The SMILES string of the molecule is NC(=O)CC(NC(=O)NCc1ccccc1Cl)C(=O)O. The summed E-state index contributed by atoms with van der Waals surface area (Å²) < 4.78 is 0. The highest BCUT2D eigenvalue weighted by atomic mass is 35.5. The zero-order valence-electron chi connectivity index (χ0n) is 10.4. The predicted molar refractivity (Wildman–Crippen MR) is 72.1 cm³/mol. The molecule has 3 amide bonds. The summed E-state index contributed by atoms with van der Waals surface area (Å²) in [6.07, 6.45) is -0.477. The Morgan fingerprint density at radius 2 is 1.95 bits per heavy atom. The molecule has 0 saturated heterocycles. The van der Waals surface area contributed by atoms with E-state index in [1.165, 1.54) is 0 Å². The molecule has 7 nitrogen and oxygen atoms in total. The molecular weight excluding hydrogens is 286 g/mol. The molecule has 8 heteroatoms. The van der Waals surface area contributed by atoms with Gasteiger partial charge >= 0.3 is 12.0 Å². The largest absolute Gasteiger partial charge is 0.480 e. The van der Waals surface area contributed by atoms with Crippen LogP contribution in [0, 0.1) is 0 Å². The molecule has 1 aromatic carbocycles. The molecule has 0 saturated carbocycles. The number of aliphatic carboxylic acids is 1. The number of halogens is 1. The lowest BCUT2D eigenvalue weighted by molar-refractivity contribution is -0.140. The number of hydrogen-bond acceptors (Lipinski definition) is 3. The number of carboxylic acids is 1. The van der Waals surface area contributed by atoms with Crippen molar-refractivity contribution in [2.24, 2.45) is 5.73 Å². The molecule has 0 aromatic heterocycles. The van der Waals surface area contributed by atoms with Gasteiger partial charge in [0.15, 0.2) is 0 Å². The quantitative estimate of drug-likeness (QED) is 0.610. The van der Waals surface area contributed by atoms with Crippen LogP contribution >= 0.6 is 11.6 Å². The van der Waals surface area contributed by atoms with Crippen LogP contribution in [0.4, 0.5) is 4.79 Å². The van der Waals surface area contributed by atoms with Crippen molar-refractivity contribution in [1.82, 2.24) is 10.6 Å². The Bertz CT molecular complexity index is 521. The second kappa shape index (κ2) is 7.34. The third kappa shape index (κ3) is 5.15. The highest BCUT2D eigenvalue weighted by Crippen LogP contribution is 2.14. The van der Waals surface area contributed by atoms with E-state index in [2.05, 4.69) is 10.6 Å². The summed E-state index contributed by atoms with van der Waals surface area (Å²) in [4.78, 5) is 33.1. The van der Waals surface area contributed by atoms with Gasteiger partial charge in [-0.3, -0.25) is 4.79 Å². The van der Waals surface area contributed by atoms with Crippen molar-refractivity contribution in [3.63, 3.8) is 0 Å². The number of benzene rings is 1. The van der Waals surface area contributed by atoms with Crippen molar-refractivity contribution in [2.75, 3.05) is 0 Å². The number of nitrogens with one attached hydrogen (secondary N) is 2. The summed E-state index contributed by atoms with van der Waals surface area (Å²) in [5.41, 5.74) is 5.59. The van der Waals surface area contributed by atoms with Gasteiger partial charge in [0.1, 0.15) is 6.04 Å². The molecule has 0 aliphatic carbocycles. The number of primary amides is 1. The number of urea groups is 1. The van der Waals surface area contributed by atoms with E-state index in [1.807, 2.05) is 0 Å². The molecule has 0 aliphatic rings. The fraction of sp³-hybridized carbons (Fsp3) is 0.250. The van der Waals surface area contributed by atoms with Gasteiger partial charge in [0, 0.05) is 11.6 Å². The first-order valence-electron chi connectivity index (χ1n) is 5.69. The molecule has 1 atom stereocenters. The summed E-state index contributed by atoms with van der Waals surface area (Å²) in [7, 11) is 0. The Morgan fingerprint density at radius 1 is 1.30 bits per heavy atom. The minimum Gasteiger partial charge on any atom is -0.480 e. The van der Waals surface area contributed by atoms with Crippen LogP contribution in [0.15, 0.2) is 24.3 Å². The third-order valence-electron chi connectivity index (χ3n) is 2.41. The molecule has 0 radical (unpaired) electrons. The maximum absolute atomic E-state index is 11.5. The standard InChI is InChI=1S/C12H14ClN3O4/c13-8-4-2-1-3-7(8)6-15-12(20)16-9(11(18)19)5-10(14)17/h1-4,9H,5-6H2,(H2,14,17)(H,18,19)(H2,15,16,20). The van der Waals surface area contributed by atoms with Crippen LogP contribution in [0.2, 0.25) is 5.02 Å². The van der Waals surface area contributed by atoms with Crippen LogP contribution in [0.1, 0.15) is 12.0 Å². The molecule has 0 bridgehead atoms. The lowest BCUT2D eigenvalue weighted by Gasteiger charge is -2.14. The minimum atomic E-state index is -1.36. The summed E-state index contributed by atoms with van der Waals surface area (Å²) in [5.74, 6) is -2.15. The first kappa shape index (κ1) is 15.8. The van der Waals surface area contributed by atoms with E-state index in [4.69, 9.17) is 22.4 Å². The van der Waals surface area contributed by atoms with E-state index >= 15 is 0 Å². The monoisotopic (exact) mass is 299 g/mol. The second-order valence-corrected chi connectivity index (χ2v) is 4.39. The zero-order chi connectivity index (χ0) is 15.1. The lowest BCUT2D eigenvalue weighted by Crippen LogP contribution is -2.47. The molecule has 0 heterocycles. The fourth-order valence-electron chi connectivity index (χ4n) is 1.43. The molecule has 1 unspecified atom stereocenters. The van der Waals surface area contributed by atoms with Gasteiger partial charge in [0.25, 0.3) is 0 Å². The zero-order valence-corrected chi connectivity index (χ0v) is 11.2. The van der Waals surface area contributed by atoms with Gasteiger partial charge in [-0.15, -0.1) is 0 Å². The van der Waals surface area contributed by atoms with Crippen LogP contribution in [0.25, 0.3) is 0 Å².